The molecule has 2 rings (SSSR count). The van der Waals surface area contributed by atoms with Crippen molar-refractivity contribution in [1.82, 2.24) is 0 Å². The normalized spacial score (nSPS) is 12.4. The Labute approximate surface area is 165 Å². The molecule has 2 aromatic rings. The first-order chi connectivity index (χ1) is 12.5. The van der Waals surface area contributed by atoms with Crippen molar-refractivity contribution in [3.05, 3.63) is 52.5 Å². The van der Waals surface area contributed by atoms with E-state index in [1.165, 1.54) is 7.11 Å². The minimum absolute atomic E-state index is 0.345. The summed E-state index contributed by atoms with van der Waals surface area (Å²) in [6.07, 6.45) is 1.09. The second-order valence-electron chi connectivity index (χ2n) is 6.36. The Bertz CT molecular complexity index is 960. The van der Waals surface area contributed by atoms with Crippen LogP contribution in [0.15, 0.2) is 36.4 Å². The summed E-state index contributed by atoms with van der Waals surface area (Å²) in [4.78, 5) is 12.7. The zero-order chi connectivity index (χ0) is 20.4. The van der Waals surface area contributed by atoms with Crippen LogP contribution in [0.5, 0.6) is 5.75 Å². The smallest absolute Gasteiger partial charge is 0.247 e. The quantitative estimate of drug-likeness (QED) is 0.786. The molecule has 0 radical (unpaired) electrons. The molecule has 0 heterocycles. The van der Waals surface area contributed by atoms with E-state index in [-0.39, 0.29) is 0 Å². The molecule has 0 spiro atoms. The lowest BCUT2D eigenvalue weighted by Gasteiger charge is -2.29. The lowest BCUT2D eigenvalue weighted by molar-refractivity contribution is -0.116. The fourth-order valence-electron chi connectivity index (χ4n) is 2.73. The zero-order valence-electron chi connectivity index (χ0n) is 15.9. The molecule has 0 aliphatic heterocycles. The molecule has 0 aromatic heterocycles. The average Bonchev–Trinajstić information content (AvgIpc) is 2.57. The highest BCUT2D eigenvalue weighted by Crippen LogP contribution is 2.29. The molecule has 1 N–H and O–H groups in total. The first kappa shape index (κ1) is 21.1. The van der Waals surface area contributed by atoms with Gasteiger partial charge in [0.05, 0.1) is 24.1 Å². The third kappa shape index (κ3) is 4.93. The van der Waals surface area contributed by atoms with Gasteiger partial charge < -0.3 is 10.1 Å². The standard InChI is InChI=1S/C19H23ClN2O4S/c1-12-6-7-13(2)17(10-12)22(27(5,24)25)14(3)19(23)21-15-8-9-18(26-4)16(20)11-15/h6-11,14H,1-5H3,(H,21,23)/t14-/m0/s1. The van der Waals surface area contributed by atoms with Gasteiger partial charge in [0, 0.05) is 5.69 Å². The summed E-state index contributed by atoms with van der Waals surface area (Å²) < 4.78 is 31.1. The van der Waals surface area contributed by atoms with Gasteiger partial charge in [-0.3, -0.25) is 9.10 Å². The summed E-state index contributed by atoms with van der Waals surface area (Å²) >= 11 is 6.08. The molecule has 0 aliphatic rings. The molecule has 0 fully saturated rings. The highest BCUT2D eigenvalue weighted by Gasteiger charge is 2.30. The lowest BCUT2D eigenvalue weighted by atomic mass is 10.1. The summed E-state index contributed by atoms with van der Waals surface area (Å²) in [7, 11) is -2.19. The average molecular weight is 411 g/mol. The molecule has 2 aromatic carbocycles. The number of hydrogen-bond donors (Lipinski definition) is 1. The van der Waals surface area contributed by atoms with Gasteiger partial charge in [0.25, 0.3) is 0 Å². The Morgan fingerprint density at radius 1 is 1.19 bits per heavy atom. The summed E-state index contributed by atoms with van der Waals surface area (Å²) in [6, 6.07) is 9.33. The molecule has 0 aliphatic carbocycles. The van der Waals surface area contributed by atoms with Crippen molar-refractivity contribution in [1.29, 1.82) is 0 Å². The van der Waals surface area contributed by atoms with Crippen LogP contribution < -0.4 is 14.4 Å². The van der Waals surface area contributed by atoms with E-state index in [1.54, 1.807) is 38.1 Å². The second-order valence-corrected chi connectivity index (χ2v) is 8.63. The maximum absolute atomic E-state index is 12.7. The summed E-state index contributed by atoms with van der Waals surface area (Å²) in [5.41, 5.74) is 2.59. The third-order valence-electron chi connectivity index (χ3n) is 4.11. The van der Waals surface area contributed by atoms with Crippen molar-refractivity contribution in [2.45, 2.75) is 26.8 Å². The van der Waals surface area contributed by atoms with Gasteiger partial charge in [-0.25, -0.2) is 8.42 Å². The number of nitrogens with zero attached hydrogens (tertiary/aromatic N) is 1. The number of nitrogens with one attached hydrogen (secondary N) is 1. The number of rotatable bonds is 6. The van der Waals surface area contributed by atoms with Gasteiger partial charge >= 0.3 is 0 Å². The van der Waals surface area contributed by atoms with Gasteiger partial charge in [0.15, 0.2) is 0 Å². The molecule has 27 heavy (non-hydrogen) atoms. The molecule has 146 valence electrons. The molecule has 1 atom stereocenters. The number of aryl methyl sites for hydroxylation is 2. The maximum atomic E-state index is 12.7. The largest absolute Gasteiger partial charge is 0.495 e. The minimum atomic E-state index is -3.69. The summed E-state index contributed by atoms with van der Waals surface area (Å²) in [6.45, 7) is 5.22. The molecule has 6 nitrogen and oxygen atoms in total. The molecule has 0 bridgehead atoms. The first-order valence-electron chi connectivity index (χ1n) is 8.25. The van der Waals surface area contributed by atoms with Gasteiger partial charge in [0.1, 0.15) is 11.8 Å². The van der Waals surface area contributed by atoms with Crippen molar-refractivity contribution < 1.29 is 17.9 Å². The van der Waals surface area contributed by atoms with Gasteiger partial charge in [0.2, 0.25) is 15.9 Å². The number of benzene rings is 2. The summed E-state index contributed by atoms with van der Waals surface area (Å²) in [5.74, 6) is 0.0124. The Hall–Kier alpha value is -2.25. The van der Waals surface area contributed by atoms with Crippen molar-refractivity contribution in [3.8, 4) is 5.75 Å². The number of carbonyl (C=O) groups is 1. The SMILES string of the molecule is COc1ccc(NC(=O)[C@H](C)N(c2cc(C)ccc2C)S(C)(=O)=O)cc1Cl. The van der Waals surface area contributed by atoms with Crippen LogP contribution in [-0.2, 0) is 14.8 Å². The molecule has 0 saturated carbocycles. The fourth-order valence-corrected chi connectivity index (χ4v) is 4.21. The number of anilines is 2. The predicted molar refractivity (Wildman–Crippen MR) is 109 cm³/mol. The second kappa shape index (κ2) is 8.19. The zero-order valence-corrected chi connectivity index (χ0v) is 17.5. The van der Waals surface area contributed by atoms with Crippen LogP contribution in [0.3, 0.4) is 0 Å². The predicted octanol–water partition coefficient (Wildman–Crippen LogP) is 3.76. The molecule has 8 heteroatoms. The molecule has 0 unspecified atom stereocenters. The van der Waals surface area contributed by atoms with Crippen LogP contribution in [0.1, 0.15) is 18.1 Å². The Balaban J connectivity index is 2.35. The van der Waals surface area contributed by atoms with Crippen LogP contribution in [-0.4, -0.2) is 33.7 Å². The van der Waals surface area contributed by atoms with Crippen LogP contribution in [0.2, 0.25) is 5.02 Å². The topological polar surface area (TPSA) is 75.7 Å². The van der Waals surface area contributed by atoms with E-state index >= 15 is 0 Å². The molecule has 0 saturated heterocycles. The number of methoxy groups -OCH3 is 1. The van der Waals surface area contributed by atoms with Crippen molar-refractivity contribution in [3.63, 3.8) is 0 Å². The minimum Gasteiger partial charge on any atom is -0.495 e. The van der Waals surface area contributed by atoms with Crippen LogP contribution in [0, 0.1) is 13.8 Å². The van der Waals surface area contributed by atoms with E-state index in [1.807, 2.05) is 19.1 Å². The molecular formula is C19H23ClN2O4S. The number of amides is 1. The monoisotopic (exact) mass is 410 g/mol. The van der Waals surface area contributed by atoms with Gasteiger partial charge in [-0.05, 0) is 56.2 Å². The van der Waals surface area contributed by atoms with E-state index in [2.05, 4.69) is 5.32 Å². The third-order valence-corrected chi connectivity index (χ3v) is 5.63. The van der Waals surface area contributed by atoms with Crippen molar-refractivity contribution in [2.75, 3.05) is 23.0 Å². The van der Waals surface area contributed by atoms with E-state index in [9.17, 15) is 13.2 Å². The highest BCUT2D eigenvalue weighted by atomic mass is 35.5. The number of halogens is 1. The molecular weight excluding hydrogens is 388 g/mol. The Kier molecular flexibility index (Phi) is 6.38. The summed E-state index contributed by atoms with van der Waals surface area (Å²) in [5, 5.41) is 3.05. The fraction of sp³-hybridized carbons (Fsp3) is 0.316. The van der Waals surface area contributed by atoms with E-state index in [0.717, 1.165) is 21.7 Å². The highest BCUT2D eigenvalue weighted by molar-refractivity contribution is 7.92. The molecule has 1 amide bonds. The van der Waals surface area contributed by atoms with Gasteiger partial charge in [-0.1, -0.05) is 23.7 Å². The van der Waals surface area contributed by atoms with Crippen molar-refractivity contribution in [2.24, 2.45) is 0 Å². The van der Waals surface area contributed by atoms with Crippen molar-refractivity contribution >= 4 is 38.9 Å². The van der Waals surface area contributed by atoms with E-state index in [4.69, 9.17) is 16.3 Å². The van der Waals surface area contributed by atoms with Gasteiger partial charge in [-0.2, -0.15) is 0 Å². The lowest BCUT2D eigenvalue weighted by Crippen LogP contribution is -2.45. The van der Waals surface area contributed by atoms with Gasteiger partial charge in [-0.15, -0.1) is 0 Å². The number of carbonyl (C=O) groups excluding carboxylic acids is 1. The van der Waals surface area contributed by atoms with E-state index in [0.29, 0.717) is 22.1 Å². The first-order valence-corrected chi connectivity index (χ1v) is 10.5. The van der Waals surface area contributed by atoms with Crippen LogP contribution in [0.25, 0.3) is 0 Å². The number of sulfonamides is 1. The Morgan fingerprint density at radius 2 is 1.85 bits per heavy atom. The van der Waals surface area contributed by atoms with Crippen LogP contribution >= 0.6 is 11.6 Å². The maximum Gasteiger partial charge on any atom is 0.247 e. The number of hydrogen-bond acceptors (Lipinski definition) is 4. The van der Waals surface area contributed by atoms with E-state index < -0.39 is 22.0 Å². The van der Waals surface area contributed by atoms with Crippen LogP contribution in [0.4, 0.5) is 11.4 Å². The Morgan fingerprint density at radius 3 is 2.41 bits per heavy atom. The number of ether oxygens (including phenoxy) is 1.